The molecular formula is C74H78N4O. The van der Waals surface area contributed by atoms with Gasteiger partial charge in [0, 0.05) is 51.5 Å². The van der Waals surface area contributed by atoms with E-state index in [1.165, 1.54) is 66.7 Å². The van der Waals surface area contributed by atoms with Crippen molar-refractivity contribution < 1.29 is 4.74 Å². The molecule has 400 valence electrons. The highest BCUT2D eigenvalue weighted by molar-refractivity contribution is 6.09. The van der Waals surface area contributed by atoms with Gasteiger partial charge in [-0.3, -0.25) is 4.57 Å². The monoisotopic (exact) mass is 1040 g/mol. The molecule has 5 heteroatoms. The maximum absolute atomic E-state index is 7.24. The number of hydrogen-bond donors (Lipinski definition) is 0. The molecule has 0 fully saturated rings. The van der Waals surface area contributed by atoms with E-state index in [0.29, 0.717) is 6.67 Å². The fraction of sp³-hybridized carbons (Fsp3) is 0.284. The molecule has 79 heavy (non-hydrogen) atoms. The van der Waals surface area contributed by atoms with Crippen LogP contribution in [-0.4, -0.2) is 16.2 Å². The van der Waals surface area contributed by atoms with Gasteiger partial charge >= 0.3 is 0 Å². The number of aromatic nitrogens is 2. The maximum Gasteiger partial charge on any atom is 0.137 e. The third kappa shape index (κ3) is 10.1. The first-order chi connectivity index (χ1) is 37.3. The molecular weight excluding hydrogens is 961 g/mol. The van der Waals surface area contributed by atoms with E-state index >= 15 is 0 Å². The van der Waals surface area contributed by atoms with Gasteiger partial charge < -0.3 is 14.5 Å². The van der Waals surface area contributed by atoms with E-state index in [9.17, 15) is 0 Å². The summed E-state index contributed by atoms with van der Waals surface area (Å²) < 4.78 is 9.53. The van der Waals surface area contributed by atoms with Crippen molar-refractivity contribution in [2.24, 2.45) is 0 Å². The minimum absolute atomic E-state index is 0.0301. The van der Waals surface area contributed by atoms with E-state index in [2.05, 4.69) is 300 Å². The van der Waals surface area contributed by atoms with Gasteiger partial charge in [0.1, 0.15) is 24.0 Å². The lowest BCUT2D eigenvalue weighted by Gasteiger charge is -2.32. The number of benzene rings is 8. The third-order valence-corrected chi connectivity index (χ3v) is 16.1. The van der Waals surface area contributed by atoms with Gasteiger partial charge in [0.15, 0.2) is 0 Å². The average Bonchev–Trinajstić information content (AvgIpc) is 4.21. The molecule has 0 atom stereocenters. The largest absolute Gasteiger partial charge is 0.457 e. The number of pyridine rings is 1. The molecule has 0 saturated carbocycles. The van der Waals surface area contributed by atoms with Gasteiger partial charge in [0.05, 0.1) is 28.1 Å². The van der Waals surface area contributed by atoms with Crippen LogP contribution in [0.1, 0.15) is 132 Å². The summed E-state index contributed by atoms with van der Waals surface area (Å²) in [5, 5.41) is 2.34. The van der Waals surface area contributed by atoms with Crippen LogP contribution in [0, 0.1) is 0 Å². The molecule has 8 aromatic carbocycles. The fourth-order valence-electron chi connectivity index (χ4n) is 11.5. The number of nitrogens with zero attached hydrogens (tertiary/aromatic N) is 4. The lowest BCUT2D eigenvalue weighted by atomic mass is 9.77. The Balaban J connectivity index is 1.06. The van der Waals surface area contributed by atoms with E-state index < -0.39 is 0 Å². The molecule has 11 rings (SSSR count). The van der Waals surface area contributed by atoms with Crippen molar-refractivity contribution >= 4 is 44.6 Å². The van der Waals surface area contributed by atoms with Gasteiger partial charge in [-0.25, -0.2) is 4.98 Å². The van der Waals surface area contributed by atoms with Crippen molar-refractivity contribution in [3.63, 3.8) is 0 Å². The Hall–Kier alpha value is -7.89. The molecule has 0 radical (unpaired) electrons. The van der Waals surface area contributed by atoms with Crippen molar-refractivity contribution in [2.75, 3.05) is 16.5 Å². The number of ether oxygens (including phenoxy) is 1. The van der Waals surface area contributed by atoms with Gasteiger partial charge in [-0.15, -0.1) is 0 Å². The van der Waals surface area contributed by atoms with Crippen molar-refractivity contribution in [3.8, 4) is 50.7 Å². The van der Waals surface area contributed by atoms with Crippen LogP contribution in [0.25, 0.3) is 61.0 Å². The Morgan fingerprint density at radius 3 is 1.67 bits per heavy atom. The summed E-state index contributed by atoms with van der Waals surface area (Å²) in [7, 11) is 0. The molecule has 2 aromatic heterocycles. The highest BCUT2D eigenvalue weighted by Crippen LogP contribution is 2.54. The van der Waals surface area contributed by atoms with E-state index in [4.69, 9.17) is 9.72 Å². The number of fused-ring (bicyclic) bond motifs is 4. The van der Waals surface area contributed by atoms with Crippen molar-refractivity contribution in [2.45, 2.75) is 131 Å². The molecule has 3 heterocycles. The minimum atomic E-state index is -0.205. The topological polar surface area (TPSA) is 33.5 Å². The summed E-state index contributed by atoms with van der Waals surface area (Å²) in [5.41, 5.74) is 19.9. The SMILES string of the molecule is CC(C)(C)c1ccc(-c2ccc(-c3cc(C(C)(C)C)cc(-c4ccccc4)c3N3CN(c4ccc(C(C)(C)C)c(Oc5ccc6c7ccccc7n(-c7cc(C(C)(C)C)ccn7)c6c5)c4)c4ccccc43)c(C(C)(C)C)c2)cc1. The Morgan fingerprint density at radius 2 is 1.00 bits per heavy atom. The Labute approximate surface area is 470 Å². The third-order valence-electron chi connectivity index (χ3n) is 16.1. The molecule has 0 aliphatic carbocycles. The molecule has 5 nitrogen and oxygen atoms in total. The van der Waals surface area contributed by atoms with Crippen LogP contribution in [0.2, 0.25) is 0 Å². The summed E-state index contributed by atoms with van der Waals surface area (Å²) in [6, 6.07) is 67.6. The quantitative estimate of drug-likeness (QED) is 0.152. The second kappa shape index (κ2) is 19.5. The van der Waals surface area contributed by atoms with Gasteiger partial charge in [-0.05, 0) is 132 Å². The lowest BCUT2D eigenvalue weighted by molar-refractivity contribution is 0.456. The maximum atomic E-state index is 7.24. The Bertz CT molecular complexity index is 3920. The van der Waals surface area contributed by atoms with E-state index in [1.807, 2.05) is 6.20 Å². The number of para-hydroxylation sites is 3. The van der Waals surface area contributed by atoms with Gasteiger partial charge in [0.2, 0.25) is 0 Å². The second-order valence-corrected chi connectivity index (χ2v) is 27.1. The highest BCUT2D eigenvalue weighted by Gasteiger charge is 2.35. The summed E-state index contributed by atoms with van der Waals surface area (Å²) in [4.78, 5) is 10.0. The number of anilines is 4. The molecule has 0 spiro atoms. The zero-order valence-corrected chi connectivity index (χ0v) is 49.3. The van der Waals surface area contributed by atoms with Gasteiger partial charge in [-0.2, -0.15) is 0 Å². The van der Waals surface area contributed by atoms with E-state index in [1.54, 1.807) is 0 Å². The standard InChI is InChI=1S/C74H78N4O/c1-70(2,3)51-32-29-48(30-33-51)50-31-36-56(62(41-50)74(13,14)15)60-43-53(72(7,8)9)42-59(49-23-17-16-18-24-49)69(60)77-47-76(64-27-21-22-28-65(64)77)54-34-38-61(73(10,11)12)67(45-54)79-55-35-37-58-57-25-19-20-26-63(57)78(66(58)46-55)68-44-52(39-40-75-68)71(4,5)6/h16-46H,47H2,1-15H3. The van der Waals surface area contributed by atoms with Crippen LogP contribution in [0.15, 0.2) is 188 Å². The van der Waals surface area contributed by atoms with Crippen LogP contribution in [0.4, 0.5) is 22.7 Å². The fourth-order valence-corrected chi connectivity index (χ4v) is 11.5. The smallest absolute Gasteiger partial charge is 0.137 e. The zero-order chi connectivity index (χ0) is 56.0. The van der Waals surface area contributed by atoms with E-state index in [-0.39, 0.29) is 27.1 Å². The summed E-state index contributed by atoms with van der Waals surface area (Å²) >= 11 is 0. The molecule has 0 N–H and O–H groups in total. The predicted molar refractivity (Wildman–Crippen MR) is 337 cm³/mol. The molecule has 10 aromatic rings. The molecule has 1 aliphatic rings. The summed E-state index contributed by atoms with van der Waals surface area (Å²) in [5.74, 6) is 2.50. The normalized spacial score (nSPS) is 13.4. The van der Waals surface area contributed by atoms with Crippen LogP contribution < -0.4 is 14.5 Å². The lowest BCUT2D eigenvalue weighted by Crippen LogP contribution is -2.26. The van der Waals surface area contributed by atoms with Crippen molar-refractivity contribution in [1.82, 2.24) is 9.55 Å². The van der Waals surface area contributed by atoms with Crippen molar-refractivity contribution in [3.05, 3.63) is 216 Å². The molecule has 0 saturated heterocycles. The van der Waals surface area contributed by atoms with Crippen LogP contribution in [-0.2, 0) is 27.1 Å². The van der Waals surface area contributed by atoms with Gasteiger partial charge in [-0.1, -0.05) is 213 Å². The molecule has 1 aliphatic heterocycles. The Morgan fingerprint density at radius 1 is 0.392 bits per heavy atom. The molecule has 0 bridgehead atoms. The van der Waals surface area contributed by atoms with Crippen LogP contribution in [0.3, 0.4) is 0 Å². The highest BCUT2D eigenvalue weighted by atomic mass is 16.5. The van der Waals surface area contributed by atoms with Crippen LogP contribution >= 0.6 is 0 Å². The minimum Gasteiger partial charge on any atom is -0.457 e. The molecule has 0 unspecified atom stereocenters. The average molecular weight is 1040 g/mol. The second-order valence-electron chi connectivity index (χ2n) is 27.1. The Kier molecular flexibility index (Phi) is 13.1. The van der Waals surface area contributed by atoms with Gasteiger partial charge in [0.25, 0.3) is 0 Å². The predicted octanol–water partition coefficient (Wildman–Crippen LogP) is 20.7. The van der Waals surface area contributed by atoms with Crippen molar-refractivity contribution in [1.29, 1.82) is 0 Å². The number of hydrogen-bond acceptors (Lipinski definition) is 4. The number of rotatable bonds is 8. The summed E-state index contributed by atoms with van der Waals surface area (Å²) in [6.07, 6.45) is 1.94. The van der Waals surface area contributed by atoms with Crippen LogP contribution in [0.5, 0.6) is 11.5 Å². The first-order valence-corrected chi connectivity index (χ1v) is 28.3. The molecule has 0 amide bonds. The summed E-state index contributed by atoms with van der Waals surface area (Å²) in [6.45, 7) is 35.1. The zero-order valence-electron chi connectivity index (χ0n) is 49.3. The first kappa shape index (κ1) is 53.1. The first-order valence-electron chi connectivity index (χ1n) is 28.3. The van der Waals surface area contributed by atoms with E-state index in [0.717, 1.165) is 56.4 Å².